The van der Waals surface area contributed by atoms with Gasteiger partial charge in [0, 0.05) is 0 Å². The van der Waals surface area contributed by atoms with Crippen molar-refractivity contribution in [3.63, 3.8) is 0 Å². The summed E-state index contributed by atoms with van der Waals surface area (Å²) in [6.45, 7) is 0. The van der Waals surface area contributed by atoms with E-state index in [-0.39, 0.29) is 11.9 Å². The molecule has 5 heteroatoms. The predicted octanol–water partition coefficient (Wildman–Crippen LogP) is 1.86. The molecular weight excluding hydrogens is 218 g/mol. The first kappa shape index (κ1) is 9.74. The molecule has 0 amide bonds. The van der Waals surface area contributed by atoms with Gasteiger partial charge in [0.05, 0.1) is 0 Å². The van der Waals surface area contributed by atoms with Crippen LogP contribution < -0.4 is 10.5 Å². The first-order chi connectivity index (χ1) is 8.29. The Morgan fingerprint density at radius 3 is 2.18 bits per heavy atom. The Labute approximate surface area is 99.7 Å². The lowest BCUT2D eigenvalue weighted by molar-refractivity contribution is -0.0811. The zero-order valence-electron chi connectivity index (χ0n) is 9.71. The second-order valence-electron chi connectivity index (χ2n) is 5.97. The van der Waals surface area contributed by atoms with Gasteiger partial charge in [-0.3, -0.25) is 0 Å². The number of anilines is 1. The summed E-state index contributed by atoms with van der Waals surface area (Å²) >= 11 is 0. The maximum Gasteiger partial charge on any atom is 0.300 e. The lowest BCUT2D eigenvalue weighted by Crippen LogP contribution is -2.50. The summed E-state index contributed by atoms with van der Waals surface area (Å²) in [6, 6.07) is 0. The van der Waals surface area contributed by atoms with Crippen LogP contribution >= 0.6 is 0 Å². The van der Waals surface area contributed by atoms with E-state index in [1.807, 2.05) is 0 Å². The molecule has 2 N–H and O–H groups in total. The van der Waals surface area contributed by atoms with Crippen LogP contribution in [0.4, 0.5) is 5.82 Å². The van der Waals surface area contributed by atoms with Gasteiger partial charge in [0.25, 0.3) is 5.88 Å². The summed E-state index contributed by atoms with van der Waals surface area (Å²) < 4.78 is 10.6. The van der Waals surface area contributed by atoms with Gasteiger partial charge < -0.3 is 10.5 Å². The summed E-state index contributed by atoms with van der Waals surface area (Å²) in [5.74, 6) is 3.96. The Morgan fingerprint density at radius 2 is 1.65 bits per heavy atom. The third kappa shape index (κ3) is 1.44. The van der Waals surface area contributed by atoms with Crippen LogP contribution in [0.3, 0.4) is 0 Å². The molecule has 4 saturated carbocycles. The average Bonchev–Trinajstić information content (AvgIpc) is 2.68. The number of rotatable bonds is 2. The van der Waals surface area contributed by atoms with Crippen molar-refractivity contribution in [1.82, 2.24) is 10.3 Å². The van der Waals surface area contributed by atoms with Crippen LogP contribution in [0.15, 0.2) is 4.63 Å². The summed E-state index contributed by atoms with van der Waals surface area (Å²) in [6.07, 6.45) is 7.03. The lowest BCUT2D eigenvalue weighted by Gasteiger charge is -2.53. The van der Waals surface area contributed by atoms with E-state index in [9.17, 15) is 0 Å². The SMILES string of the molecule is Nc1nonc1OC1C2CC3CC(C2)CC1C3. The molecule has 0 aliphatic heterocycles. The Morgan fingerprint density at radius 1 is 1.00 bits per heavy atom. The van der Waals surface area contributed by atoms with Gasteiger partial charge in [-0.25, -0.2) is 4.63 Å². The quantitative estimate of drug-likeness (QED) is 0.846. The molecule has 4 bridgehead atoms. The van der Waals surface area contributed by atoms with Crippen LogP contribution in [-0.2, 0) is 0 Å². The minimum absolute atomic E-state index is 0.277. The van der Waals surface area contributed by atoms with Gasteiger partial charge in [0.1, 0.15) is 6.10 Å². The maximum atomic E-state index is 5.97. The first-order valence-electron chi connectivity index (χ1n) is 6.54. The smallest absolute Gasteiger partial charge is 0.300 e. The molecule has 17 heavy (non-hydrogen) atoms. The van der Waals surface area contributed by atoms with Gasteiger partial charge in [-0.1, -0.05) is 0 Å². The minimum atomic E-state index is 0.277. The van der Waals surface area contributed by atoms with E-state index in [1.54, 1.807) is 0 Å². The average molecular weight is 235 g/mol. The second-order valence-corrected chi connectivity index (χ2v) is 5.97. The summed E-state index contributed by atoms with van der Waals surface area (Å²) in [5.41, 5.74) is 5.65. The molecule has 1 aromatic rings. The van der Waals surface area contributed by atoms with Gasteiger partial charge in [-0.05, 0) is 66.1 Å². The van der Waals surface area contributed by atoms with Crippen molar-refractivity contribution in [2.75, 3.05) is 5.73 Å². The number of aromatic nitrogens is 2. The molecule has 5 rings (SSSR count). The van der Waals surface area contributed by atoms with Crippen LogP contribution in [0.1, 0.15) is 32.1 Å². The topological polar surface area (TPSA) is 74.2 Å². The van der Waals surface area contributed by atoms with Crippen LogP contribution in [0.25, 0.3) is 0 Å². The summed E-state index contributed by atoms with van der Waals surface area (Å²) in [4.78, 5) is 0. The van der Waals surface area contributed by atoms with E-state index in [0.29, 0.717) is 17.7 Å². The number of hydrogen-bond donors (Lipinski definition) is 1. The molecule has 4 aliphatic carbocycles. The van der Waals surface area contributed by atoms with Crippen molar-refractivity contribution in [3.8, 4) is 5.88 Å². The fourth-order valence-electron chi connectivity index (χ4n) is 4.47. The third-order valence-corrected chi connectivity index (χ3v) is 4.87. The highest BCUT2D eigenvalue weighted by Crippen LogP contribution is 2.54. The van der Waals surface area contributed by atoms with Crippen molar-refractivity contribution >= 4 is 5.82 Å². The predicted molar refractivity (Wildman–Crippen MR) is 60.2 cm³/mol. The zero-order chi connectivity index (χ0) is 11.4. The highest BCUT2D eigenvalue weighted by Gasteiger charge is 2.49. The number of hydrogen-bond acceptors (Lipinski definition) is 5. The normalized spacial score (nSPS) is 42.9. The molecule has 1 heterocycles. The van der Waals surface area contributed by atoms with Crippen molar-refractivity contribution in [1.29, 1.82) is 0 Å². The number of ether oxygens (including phenoxy) is 1. The minimum Gasteiger partial charge on any atom is -0.469 e. The molecule has 92 valence electrons. The fraction of sp³-hybridized carbons (Fsp3) is 0.833. The molecule has 5 nitrogen and oxygen atoms in total. The Hall–Kier alpha value is -1.26. The van der Waals surface area contributed by atoms with Gasteiger partial charge in [0.2, 0.25) is 5.82 Å². The molecule has 0 spiro atoms. The highest BCUT2D eigenvalue weighted by molar-refractivity contribution is 5.37. The maximum absolute atomic E-state index is 5.97. The van der Waals surface area contributed by atoms with Crippen molar-refractivity contribution in [2.24, 2.45) is 23.7 Å². The number of nitrogens with two attached hydrogens (primary N) is 1. The van der Waals surface area contributed by atoms with Crippen molar-refractivity contribution < 1.29 is 9.37 Å². The van der Waals surface area contributed by atoms with E-state index in [1.165, 1.54) is 32.1 Å². The monoisotopic (exact) mass is 235 g/mol. The van der Waals surface area contributed by atoms with Crippen LogP contribution in [0.5, 0.6) is 5.88 Å². The molecule has 0 unspecified atom stereocenters. The van der Waals surface area contributed by atoms with E-state index in [4.69, 9.17) is 10.5 Å². The van der Waals surface area contributed by atoms with Crippen molar-refractivity contribution in [3.05, 3.63) is 0 Å². The first-order valence-corrected chi connectivity index (χ1v) is 6.54. The molecule has 4 aliphatic rings. The second kappa shape index (κ2) is 3.37. The standard InChI is InChI=1S/C12H17N3O2/c13-11-12(15-17-14-11)16-10-8-2-6-1-7(4-8)5-9(10)3-6/h6-10H,1-5H2,(H2,13,14). The van der Waals surface area contributed by atoms with Crippen LogP contribution in [0.2, 0.25) is 0 Å². The van der Waals surface area contributed by atoms with E-state index in [2.05, 4.69) is 14.9 Å². The Kier molecular flexibility index (Phi) is 1.93. The molecule has 0 radical (unpaired) electrons. The Bertz CT molecular complexity index is 403. The number of nitrogen functional groups attached to an aromatic ring is 1. The molecule has 4 fully saturated rings. The van der Waals surface area contributed by atoms with Gasteiger partial charge in [0.15, 0.2) is 0 Å². The molecule has 1 aromatic heterocycles. The van der Waals surface area contributed by atoms with Gasteiger partial charge >= 0.3 is 0 Å². The van der Waals surface area contributed by atoms with E-state index in [0.717, 1.165) is 11.8 Å². The van der Waals surface area contributed by atoms with Crippen LogP contribution in [0, 0.1) is 23.7 Å². The van der Waals surface area contributed by atoms with Gasteiger partial charge in [-0.15, -0.1) is 0 Å². The zero-order valence-corrected chi connectivity index (χ0v) is 9.71. The fourth-order valence-corrected chi connectivity index (χ4v) is 4.47. The lowest BCUT2D eigenvalue weighted by atomic mass is 9.55. The van der Waals surface area contributed by atoms with Crippen LogP contribution in [-0.4, -0.2) is 16.4 Å². The molecule has 0 aromatic carbocycles. The summed E-state index contributed by atoms with van der Waals surface area (Å²) in [5, 5.41) is 7.30. The number of nitrogens with zero attached hydrogens (tertiary/aromatic N) is 2. The van der Waals surface area contributed by atoms with Crippen molar-refractivity contribution in [2.45, 2.75) is 38.2 Å². The summed E-state index contributed by atoms with van der Waals surface area (Å²) in [7, 11) is 0. The molecule has 0 saturated heterocycles. The molecule has 0 atom stereocenters. The third-order valence-electron chi connectivity index (χ3n) is 4.87. The Balaban J connectivity index is 1.57. The highest BCUT2D eigenvalue weighted by atomic mass is 16.6. The largest absolute Gasteiger partial charge is 0.469 e. The molecular formula is C12H17N3O2. The van der Waals surface area contributed by atoms with E-state index < -0.39 is 0 Å². The van der Waals surface area contributed by atoms with E-state index >= 15 is 0 Å². The van der Waals surface area contributed by atoms with Gasteiger partial charge in [-0.2, -0.15) is 0 Å².